The lowest BCUT2D eigenvalue weighted by molar-refractivity contribution is 0.632. The predicted molar refractivity (Wildman–Crippen MR) is 119 cm³/mol. The van der Waals surface area contributed by atoms with Crippen LogP contribution in [0.2, 0.25) is 0 Å². The monoisotopic (exact) mass is 359 g/mol. The van der Waals surface area contributed by atoms with Crippen molar-refractivity contribution in [1.82, 2.24) is 0 Å². The first-order valence-corrected chi connectivity index (χ1v) is 10.5. The van der Waals surface area contributed by atoms with E-state index < -0.39 is 0 Å². The Labute approximate surface area is 165 Å². The SMILES string of the molecule is CCCCCCCc1ccc(NC2=CC=C(c3ccc(C)cc3)C2C)cc1. The van der Waals surface area contributed by atoms with E-state index in [0.29, 0.717) is 5.92 Å². The van der Waals surface area contributed by atoms with E-state index in [-0.39, 0.29) is 0 Å². The number of benzene rings is 2. The molecule has 2 aromatic carbocycles. The van der Waals surface area contributed by atoms with Gasteiger partial charge in [0.15, 0.2) is 0 Å². The Kier molecular flexibility index (Phi) is 6.92. The number of rotatable bonds is 9. The average Bonchev–Trinajstić information content (AvgIpc) is 3.04. The van der Waals surface area contributed by atoms with Crippen LogP contribution >= 0.6 is 0 Å². The summed E-state index contributed by atoms with van der Waals surface area (Å²) >= 11 is 0. The summed E-state index contributed by atoms with van der Waals surface area (Å²) in [6.07, 6.45) is 12.4. The molecule has 1 atom stereocenters. The molecule has 3 rings (SSSR count). The molecule has 0 saturated heterocycles. The van der Waals surface area contributed by atoms with Crippen molar-refractivity contribution in [3.05, 3.63) is 83.1 Å². The standard InChI is InChI=1S/C26H33N/c1-4-5-6-7-8-9-22-12-16-24(17-13-22)27-26-19-18-25(21(26)3)23-14-10-20(2)11-15-23/h10-19,21,27H,4-9H2,1-3H3. The van der Waals surface area contributed by atoms with Crippen LogP contribution in [-0.4, -0.2) is 0 Å². The molecule has 0 spiro atoms. The van der Waals surface area contributed by atoms with Gasteiger partial charge in [-0.1, -0.05) is 87.6 Å². The second-order valence-corrected chi connectivity index (χ2v) is 7.82. The highest BCUT2D eigenvalue weighted by Crippen LogP contribution is 2.34. The zero-order valence-corrected chi connectivity index (χ0v) is 17.1. The molecule has 142 valence electrons. The highest BCUT2D eigenvalue weighted by Gasteiger charge is 2.19. The Balaban J connectivity index is 1.51. The number of hydrogen-bond donors (Lipinski definition) is 1. The maximum Gasteiger partial charge on any atom is 0.0382 e. The van der Waals surface area contributed by atoms with Crippen LogP contribution in [0.15, 0.2) is 66.4 Å². The molecule has 0 heterocycles. The minimum atomic E-state index is 0.394. The van der Waals surface area contributed by atoms with Crippen LogP contribution in [0.25, 0.3) is 5.57 Å². The summed E-state index contributed by atoms with van der Waals surface area (Å²) in [7, 11) is 0. The molecule has 0 aromatic heterocycles. The fraction of sp³-hybridized carbons (Fsp3) is 0.385. The van der Waals surface area contributed by atoms with Crippen molar-refractivity contribution in [2.24, 2.45) is 5.92 Å². The number of unbranched alkanes of at least 4 members (excludes halogenated alkanes) is 4. The molecule has 1 unspecified atom stereocenters. The lowest BCUT2D eigenvalue weighted by atomic mass is 9.94. The number of anilines is 1. The van der Waals surface area contributed by atoms with E-state index >= 15 is 0 Å². The fourth-order valence-electron chi connectivity index (χ4n) is 3.73. The van der Waals surface area contributed by atoms with Crippen molar-refractivity contribution in [2.45, 2.75) is 59.3 Å². The van der Waals surface area contributed by atoms with Crippen LogP contribution in [0.4, 0.5) is 5.69 Å². The molecule has 0 radical (unpaired) electrons. The summed E-state index contributed by atoms with van der Waals surface area (Å²) in [4.78, 5) is 0. The van der Waals surface area contributed by atoms with Gasteiger partial charge in [-0.2, -0.15) is 0 Å². The fourth-order valence-corrected chi connectivity index (χ4v) is 3.73. The van der Waals surface area contributed by atoms with Crippen LogP contribution in [0.5, 0.6) is 0 Å². The van der Waals surface area contributed by atoms with Gasteiger partial charge in [0.1, 0.15) is 0 Å². The first-order valence-electron chi connectivity index (χ1n) is 10.5. The zero-order chi connectivity index (χ0) is 19.1. The van der Waals surface area contributed by atoms with Crippen LogP contribution < -0.4 is 5.32 Å². The third-order valence-corrected chi connectivity index (χ3v) is 5.57. The normalized spacial score (nSPS) is 16.2. The molecule has 1 N–H and O–H groups in total. The quantitative estimate of drug-likeness (QED) is 0.456. The van der Waals surface area contributed by atoms with Crippen molar-refractivity contribution in [1.29, 1.82) is 0 Å². The van der Waals surface area contributed by atoms with E-state index in [4.69, 9.17) is 0 Å². The minimum Gasteiger partial charge on any atom is -0.358 e. The predicted octanol–water partition coefficient (Wildman–Crippen LogP) is 7.54. The van der Waals surface area contributed by atoms with E-state index in [2.05, 4.69) is 86.8 Å². The maximum atomic E-state index is 3.62. The highest BCUT2D eigenvalue weighted by atomic mass is 14.9. The minimum absolute atomic E-state index is 0.394. The van der Waals surface area contributed by atoms with Gasteiger partial charge in [0.2, 0.25) is 0 Å². The summed E-state index contributed by atoms with van der Waals surface area (Å²) < 4.78 is 0. The summed E-state index contributed by atoms with van der Waals surface area (Å²) in [6.45, 7) is 6.68. The number of allylic oxidation sites excluding steroid dienone is 3. The summed E-state index contributed by atoms with van der Waals surface area (Å²) in [5, 5.41) is 3.62. The molecular formula is C26H33N. The first-order chi connectivity index (χ1) is 13.2. The Hall–Kier alpha value is -2.28. The summed E-state index contributed by atoms with van der Waals surface area (Å²) in [6, 6.07) is 17.8. The number of nitrogens with one attached hydrogen (secondary N) is 1. The van der Waals surface area contributed by atoms with Crippen molar-refractivity contribution in [3.8, 4) is 0 Å². The maximum absolute atomic E-state index is 3.62. The van der Waals surface area contributed by atoms with E-state index in [1.165, 1.54) is 72.2 Å². The molecule has 1 aliphatic rings. The van der Waals surface area contributed by atoms with Gasteiger partial charge in [-0.3, -0.25) is 0 Å². The van der Waals surface area contributed by atoms with Gasteiger partial charge in [0.25, 0.3) is 0 Å². The second kappa shape index (κ2) is 9.60. The average molecular weight is 360 g/mol. The van der Waals surface area contributed by atoms with Gasteiger partial charge in [-0.15, -0.1) is 0 Å². The number of hydrogen-bond acceptors (Lipinski definition) is 1. The first kappa shape index (κ1) is 19.5. The molecule has 0 bridgehead atoms. The number of aryl methyl sites for hydroxylation is 2. The van der Waals surface area contributed by atoms with Crippen LogP contribution in [-0.2, 0) is 6.42 Å². The lowest BCUT2D eigenvalue weighted by Crippen LogP contribution is -2.07. The molecule has 1 nitrogen and oxygen atoms in total. The van der Waals surface area contributed by atoms with Gasteiger partial charge in [0, 0.05) is 17.3 Å². The van der Waals surface area contributed by atoms with Crippen LogP contribution in [0.1, 0.15) is 62.6 Å². The Morgan fingerprint density at radius 3 is 2.22 bits per heavy atom. The van der Waals surface area contributed by atoms with Crippen molar-refractivity contribution in [2.75, 3.05) is 5.32 Å². The second-order valence-electron chi connectivity index (χ2n) is 7.82. The Bertz CT molecular complexity index is 778. The van der Waals surface area contributed by atoms with Crippen molar-refractivity contribution < 1.29 is 0 Å². The van der Waals surface area contributed by atoms with E-state index in [0.717, 1.165) is 0 Å². The van der Waals surface area contributed by atoms with Crippen LogP contribution in [0, 0.1) is 12.8 Å². The van der Waals surface area contributed by atoms with Crippen molar-refractivity contribution in [3.63, 3.8) is 0 Å². The molecule has 1 heteroatoms. The summed E-state index contributed by atoms with van der Waals surface area (Å²) in [5.41, 5.74) is 7.92. The Morgan fingerprint density at radius 2 is 1.52 bits per heavy atom. The van der Waals surface area contributed by atoms with E-state index in [1.807, 2.05) is 0 Å². The molecular weight excluding hydrogens is 326 g/mol. The Morgan fingerprint density at radius 1 is 0.815 bits per heavy atom. The molecule has 1 aliphatic carbocycles. The molecule has 0 fully saturated rings. The third-order valence-electron chi connectivity index (χ3n) is 5.57. The van der Waals surface area contributed by atoms with Gasteiger partial charge in [-0.05, 0) is 54.7 Å². The molecule has 2 aromatic rings. The molecule has 0 saturated carbocycles. The smallest absolute Gasteiger partial charge is 0.0382 e. The topological polar surface area (TPSA) is 12.0 Å². The van der Waals surface area contributed by atoms with Crippen molar-refractivity contribution >= 4 is 11.3 Å². The van der Waals surface area contributed by atoms with Gasteiger partial charge >= 0.3 is 0 Å². The largest absolute Gasteiger partial charge is 0.358 e. The third kappa shape index (κ3) is 5.35. The molecule has 27 heavy (non-hydrogen) atoms. The molecule has 0 aliphatic heterocycles. The van der Waals surface area contributed by atoms with Crippen LogP contribution in [0.3, 0.4) is 0 Å². The van der Waals surface area contributed by atoms with E-state index in [9.17, 15) is 0 Å². The highest BCUT2D eigenvalue weighted by molar-refractivity contribution is 5.76. The zero-order valence-electron chi connectivity index (χ0n) is 17.1. The lowest BCUT2D eigenvalue weighted by Gasteiger charge is -2.17. The molecule has 0 amide bonds. The van der Waals surface area contributed by atoms with Gasteiger partial charge < -0.3 is 5.32 Å². The van der Waals surface area contributed by atoms with Gasteiger partial charge in [-0.25, -0.2) is 0 Å². The van der Waals surface area contributed by atoms with E-state index in [1.54, 1.807) is 0 Å². The van der Waals surface area contributed by atoms with Gasteiger partial charge in [0.05, 0.1) is 0 Å². The summed E-state index contributed by atoms with van der Waals surface area (Å²) in [5.74, 6) is 0.394.